The number of carboxylic acids is 1. The van der Waals surface area contributed by atoms with Crippen molar-refractivity contribution >= 4 is 23.8 Å². The maximum atomic E-state index is 14.0. The number of morpholine rings is 1. The predicted octanol–water partition coefficient (Wildman–Crippen LogP) is 1.11. The fourth-order valence-electron chi connectivity index (χ4n) is 4.88. The summed E-state index contributed by atoms with van der Waals surface area (Å²) in [5, 5.41) is 16.6. The second-order valence-corrected chi connectivity index (χ2v) is 10.9. The van der Waals surface area contributed by atoms with Gasteiger partial charge < -0.3 is 39.6 Å². The molecule has 3 heterocycles. The topological polar surface area (TPSA) is 187 Å². The van der Waals surface area contributed by atoms with Crippen LogP contribution in [0.4, 0.5) is 26.3 Å². The van der Waals surface area contributed by atoms with Gasteiger partial charge in [0, 0.05) is 51.3 Å². The Kier molecular flexibility index (Phi) is 13.9. The van der Waals surface area contributed by atoms with E-state index >= 15 is 0 Å². The Labute approximate surface area is 275 Å². The van der Waals surface area contributed by atoms with Crippen LogP contribution in [0.1, 0.15) is 40.4 Å². The zero-order chi connectivity index (χ0) is 36.5. The monoisotopic (exact) mass is 711 g/mol. The molecule has 14 nitrogen and oxygen atoms in total. The van der Waals surface area contributed by atoms with Gasteiger partial charge in [0.15, 0.2) is 23.4 Å². The summed E-state index contributed by atoms with van der Waals surface area (Å²) < 4.78 is 96.9. The molecule has 1 fully saturated rings. The van der Waals surface area contributed by atoms with Crippen LogP contribution in [0.15, 0.2) is 12.1 Å². The molecular formula is C29H35F6N5O9. The number of benzene rings is 1. The van der Waals surface area contributed by atoms with E-state index in [0.717, 1.165) is 11.7 Å². The molecule has 1 aromatic carbocycles. The third kappa shape index (κ3) is 11.1. The number of methoxy groups -OCH3 is 1. The Bertz CT molecular complexity index is 1500. The SMILES string of the molecule is COC(=O)CC(O)C(=O)O.NC(CC(=O)N1CCn2c(C(F)(F)F)nc(C(=O)OCCN3CCOCC3)c2C1)Cc1cc(F)c(F)cc1F. The van der Waals surface area contributed by atoms with Crippen LogP contribution in [0.25, 0.3) is 0 Å². The first-order chi connectivity index (χ1) is 23.0. The number of amides is 1. The van der Waals surface area contributed by atoms with Crippen molar-refractivity contribution in [2.45, 2.75) is 50.7 Å². The van der Waals surface area contributed by atoms with Crippen molar-refractivity contribution in [3.05, 3.63) is 52.4 Å². The first-order valence-electron chi connectivity index (χ1n) is 14.8. The van der Waals surface area contributed by atoms with E-state index < -0.39 is 77.5 Å². The number of hydrogen-bond acceptors (Lipinski definition) is 11. The Balaban J connectivity index is 0.000000565. The smallest absolute Gasteiger partial charge is 0.449 e. The van der Waals surface area contributed by atoms with E-state index in [1.807, 2.05) is 4.90 Å². The molecular weight excluding hydrogens is 676 g/mol. The highest BCUT2D eigenvalue weighted by Crippen LogP contribution is 2.33. The molecule has 0 saturated carbocycles. The second kappa shape index (κ2) is 17.4. The lowest BCUT2D eigenvalue weighted by Crippen LogP contribution is -2.42. The number of halogens is 6. The summed E-state index contributed by atoms with van der Waals surface area (Å²) in [6, 6.07) is 0.0496. The molecule has 49 heavy (non-hydrogen) atoms. The van der Waals surface area contributed by atoms with Crippen LogP contribution >= 0.6 is 0 Å². The van der Waals surface area contributed by atoms with Crippen LogP contribution in [-0.2, 0) is 54.3 Å². The summed E-state index contributed by atoms with van der Waals surface area (Å²) in [6.45, 7) is 1.88. The van der Waals surface area contributed by atoms with Crippen LogP contribution in [0, 0.1) is 17.5 Å². The Hall–Kier alpha value is -4.27. The van der Waals surface area contributed by atoms with E-state index in [1.165, 1.54) is 4.90 Å². The zero-order valence-corrected chi connectivity index (χ0v) is 26.2. The number of aromatic nitrogens is 2. The van der Waals surface area contributed by atoms with Gasteiger partial charge in [0.1, 0.15) is 12.4 Å². The van der Waals surface area contributed by atoms with Crippen molar-refractivity contribution < 1.29 is 69.9 Å². The van der Waals surface area contributed by atoms with Crippen molar-refractivity contribution in [2.24, 2.45) is 5.73 Å². The van der Waals surface area contributed by atoms with Crippen LogP contribution in [-0.4, -0.2) is 119 Å². The van der Waals surface area contributed by atoms with Crippen molar-refractivity contribution in [1.29, 1.82) is 0 Å². The summed E-state index contributed by atoms with van der Waals surface area (Å²) in [5.41, 5.74) is 5.06. The number of hydrogen-bond donors (Lipinski definition) is 3. The Morgan fingerprint density at radius 3 is 2.29 bits per heavy atom. The summed E-state index contributed by atoms with van der Waals surface area (Å²) in [6.07, 6.45) is -7.64. The lowest BCUT2D eigenvalue weighted by molar-refractivity contribution is -0.154. The predicted molar refractivity (Wildman–Crippen MR) is 153 cm³/mol. The first kappa shape index (κ1) is 39.2. The highest BCUT2D eigenvalue weighted by molar-refractivity contribution is 5.89. The maximum Gasteiger partial charge on any atom is 0.449 e. The minimum atomic E-state index is -4.84. The van der Waals surface area contributed by atoms with Gasteiger partial charge in [-0.15, -0.1) is 0 Å². The van der Waals surface area contributed by atoms with Gasteiger partial charge in [-0.1, -0.05) is 0 Å². The zero-order valence-electron chi connectivity index (χ0n) is 26.2. The number of rotatable bonds is 11. The van der Waals surface area contributed by atoms with Gasteiger partial charge >= 0.3 is 24.1 Å². The molecule has 2 aliphatic heterocycles. The average molecular weight is 712 g/mol. The van der Waals surface area contributed by atoms with Crippen LogP contribution < -0.4 is 5.73 Å². The fraction of sp³-hybridized carbons (Fsp3) is 0.552. The van der Waals surface area contributed by atoms with Crippen molar-refractivity contribution in [1.82, 2.24) is 19.4 Å². The molecule has 0 aliphatic carbocycles. The largest absolute Gasteiger partial charge is 0.479 e. The Morgan fingerprint density at radius 2 is 1.67 bits per heavy atom. The van der Waals surface area contributed by atoms with Gasteiger partial charge in [0.25, 0.3) is 0 Å². The van der Waals surface area contributed by atoms with Gasteiger partial charge in [-0.2, -0.15) is 13.2 Å². The van der Waals surface area contributed by atoms with Crippen LogP contribution in [0.5, 0.6) is 0 Å². The molecule has 0 radical (unpaired) electrons. The molecule has 20 heteroatoms. The highest BCUT2D eigenvalue weighted by atomic mass is 19.4. The molecule has 0 spiro atoms. The van der Waals surface area contributed by atoms with Gasteiger partial charge in [-0.3, -0.25) is 14.5 Å². The molecule has 272 valence electrons. The molecule has 2 aromatic rings. The van der Waals surface area contributed by atoms with Crippen molar-refractivity contribution in [2.75, 3.05) is 53.1 Å². The third-order valence-corrected chi connectivity index (χ3v) is 7.43. The van der Waals surface area contributed by atoms with E-state index in [9.17, 15) is 45.5 Å². The number of carboxylic acid groups (broad SMARTS) is 1. The number of alkyl halides is 3. The second-order valence-electron chi connectivity index (χ2n) is 10.9. The molecule has 1 amide bonds. The van der Waals surface area contributed by atoms with Crippen molar-refractivity contribution in [3.8, 4) is 0 Å². The number of carbonyl (C=O) groups is 4. The van der Waals surface area contributed by atoms with E-state index in [2.05, 4.69) is 9.72 Å². The maximum absolute atomic E-state index is 14.0. The molecule has 2 unspecified atom stereocenters. The quantitative estimate of drug-likeness (QED) is 0.172. The number of imidazole rings is 1. The molecule has 2 atom stereocenters. The number of nitrogens with two attached hydrogens (primary N) is 1. The highest BCUT2D eigenvalue weighted by Gasteiger charge is 2.42. The first-order valence-corrected chi connectivity index (χ1v) is 14.8. The van der Waals surface area contributed by atoms with Crippen LogP contribution in [0.2, 0.25) is 0 Å². The summed E-state index contributed by atoms with van der Waals surface area (Å²) in [4.78, 5) is 52.5. The number of nitrogens with zero attached hydrogens (tertiary/aromatic N) is 4. The van der Waals surface area contributed by atoms with E-state index in [-0.39, 0.29) is 50.3 Å². The summed E-state index contributed by atoms with van der Waals surface area (Å²) in [7, 11) is 1.12. The van der Waals surface area contributed by atoms with E-state index in [4.69, 9.17) is 25.4 Å². The number of aliphatic hydroxyl groups excluding tert-OH is 1. The number of aliphatic carboxylic acids is 1. The lowest BCUT2D eigenvalue weighted by Gasteiger charge is -2.30. The molecule has 1 saturated heterocycles. The standard InChI is InChI=1S/C24H27F6N5O4.C5H8O5/c25-16-12-18(27)17(26)10-14(16)9-15(31)11-20(36)34-1-2-35-19(13-34)21(32-23(35)24(28,29)30)22(37)39-8-5-33-3-6-38-7-4-33;1-10-4(7)2-3(6)5(8)9/h10,12,15H,1-9,11,13,31H2;3,6H,2H2,1H3,(H,8,9). The Morgan fingerprint density at radius 1 is 1.02 bits per heavy atom. The molecule has 2 aliphatic rings. The molecule has 1 aromatic heterocycles. The number of ether oxygens (including phenoxy) is 3. The normalized spacial score (nSPS) is 16.1. The van der Waals surface area contributed by atoms with Gasteiger partial charge in [0.05, 0.1) is 39.0 Å². The van der Waals surface area contributed by atoms with Crippen molar-refractivity contribution in [3.63, 3.8) is 0 Å². The van der Waals surface area contributed by atoms with Gasteiger partial charge in [-0.05, 0) is 18.1 Å². The third-order valence-electron chi connectivity index (χ3n) is 7.43. The summed E-state index contributed by atoms with van der Waals surface area (Å²) >= 11 is 0. The minimum absolute atomic E-state index is 0.0650. The average Bonchev–Trinajstić information content (AvgIpc) is 3.44. The van der Waals surface area contributed by atoms with E-state index in [1.54, 1.807) is 0 Å². The van der Waals surface area contributed by atoms with Gasteiger partial charge in [0.2, 0.25) is 11.7 Å². The van der Waals surface area contributed by atoms with Crippen LogP contribution in [0.3, 0.4) is 0 Å². The molecule has 4 N–H and O–H groups in total. The minimum Gasteiger partial charge on any atom is -0.479 e. The molecule has 0 bridgehead atoms. The fourth-order valence-corrected chi connectivity index (χ4v) is 4.88. The summed E-state index contributed by atoms with van der Waals surface area (Å²) in [5.74, 6) is -8.69. The molecule has 4 rings (SSSR count). The van der Waals surface area contributed by atoms with E-state index in [0.29, 0.717) is 45.0 Å². The lowest BCUT2D eigenvalue weighted by atomic mass is 10.0. The number of esters is 2. The number of aliphatic hydroxyl groups is 1. The van der Waals surface area contributed by atoms with Gasteiger partial charge in [-0.25, -0.2) is 27.7 Å². The number of fused-ring (bicyclic) bond motifs is 1. The number of carbonyl (C=O) groups excluding carboxylic acids is 3.